The molecule has 23 heavy (non-hydrogen) atoms. The number of carbonyl (C=O) groups excluding carboxylic acids is 1. The molecule has 0 aliphatic rings. The molecule has 124 valence electrons. The fourth-order valence-electron chi connectivity index (χ4n) is 3.07. The van der Waals surface area contributed by atoms with Gasteiger partial charge < -0.3 is 0 Å². The predicted octanol–water partition coefficient (Wildman–Crippen LogP) is 7.32. The van der Waals surface area contributed by atoms with E-state index < -0.39 is 0 Å². The Morgan fingerprint density at radius 2 is 1.52 bits per heavy atom. The number of Topliss-reactive ketones (excluding diaryl/α,β-unsaturated/α-hetero) is 1. The average Bonchev–Trinajstić information content (AvgIpc) is 2.57. The van der Waals surface area contributed by atoms with Gasteiger partial charge in [-0.15, -0.1) is 0 Å². The van der Waals surface area contributed by atoms with Crippen molar-refractivity contribution in [1.82, 2.24) is 0 Å². The average molecular weight is 375 g/mol. The van der Waals surface area contributed by atoms with Crippen molar-refractivity contribution in [3.05, 3.63) is 46.4 Å². The lowest BCUT2D eigenvalue weighted by Crippen LogP contribution is -2.01. The Labute approximate surface area is 148 Å². The number of halogens is 1. The lowest BCUT2D eigenvalue weighted by molar-refractivity contribution is 0.0980. The molecule has 0 amide bonds. The fourth-order valence-corrected chi connectivity index (χ4v) is 3.64. The van der Waals surface area contributed by atoms with Crippen LogP contribution in [0.15, 0.2) is 40.9 Å². The largest absolute Gasteiger partial charge is 0.294 e. The summed E-state index contributed by atoms with van der Waals surface area (Å²) in [6.07, 6.45) is 10.8. The van der Waals surface area contributed by atoms with Gasteiger partial charge in [0.2, 0.25) is 0 Å². The Hall–Kier alpha value is -1.15. The first kappa shape index (κ1) is 18.2. The van der Waals surface area contributed by atoms with E-state index in [4.69, 9.17) is 0 Å². The molecular weight excluding hydrogens is 348 g/mol. The van der Waals surface area contributed by atoms with E-state index >= 15 is 0 Å². The van der Waals surface area contributed by atoms with Gasteiger partial charge >= 0.3 is 0 Å². The summed E-state index contributed by atoms with van der Waals surface area (Å²) in [7, 11) is 0. The zero-order valence-corrected chi connectivity index (χ0v) is 15.7. The second kappa shape index (κ2) is 9.87. The molecule has 0 aliphatic heterocycles. The molecular formula is C21H27BrO. The summed E-state index contributed by atoms with van der Waals surface area (Å²) in [5.74, 6) is 0.264. The molecule has 0 aliphatic carbocycles. The zero-order chi connectivity index (χ0) is 16.5. The number of rotatable bonds is 10. The third-order valence-corrected chi connectivity index (χ3v) is 5.08. The summed E-state index contributed by atoms with van der Waals surface area (Å²) in [6, 6.07) is 12.2. The highest BCUT2D eigenvalue weighted by atomic mass is 79.9. The van der Waals surface area contributed by atoms with Crippen molar-refractivity contribution < 1.29 is 4.79 Å². The van der Waals surface area contributed by atoms with Gasteiger partial charge in [-0.05, 0) is 23.3 Å². The summed E-state index contributed by atoms with van der Waals surface area (Å²) in [5, 5.41) is 2.20. The molecule has 0 aromatic heterocycles. The van der Waals surface area contributed by atoms with E-state index in [1.807, 2.05) is 24.3 Å². The lowest BCUT2D eigenvalue weighted by atomic mass is 9.98. The Balaban J connectivity index is 1.83. The number of carbonyl (C=O) groups is 1. The number of ketones is 1. The van der Waals surface area contributed by atoms with Crippen LogP contribution in [0.1, 0.15) is 75.1 Å². The Morgan fingerprint density at radius 1 is 0.870 bits per heavy atom. The van der Waals surface area contributed by atoms with Crippen LogP contribution in [0.4, 0.5) is 0 Å². The maximum Gasteiger partial charge on any atom is 0.164 e. The minimum Gasteiger partial charge on any atom is -0.294 e. The van der Waals surface area contributed by atoms with Crippen molar-refractivity contribution in [2.24, 2.45) is 0 Å². The van der Waals surface area contributed by atoms with Crippen LogP contribution in [0.3, 0.4) is 0 Å². The van der Waals surface area contributed by atoms with E-state index in [1.165, 1.54) is 44.9 Å². The van der Waals surface area contributed by atoms with E-state index in [0.29, 0.717) is 6.42 Å². The van der Waals surface area contributed by atoms with Gasteiger partial charge in [0.25, 0.3) is 0 Å². The first-order valence-corrected chi connectivity index (χ1v) is 9.73. The normalized spacial score (nSPS) is 11.0. The molecule has 0 fully saturated rings. The highest BCUT2D eigenvalue weighted by molar-refractivity contribution is 9.10. The third-order valence-electron chi connectivity index (χ3n) is 4.41. The van der Waals surface area contributed by atoms with Crippen LogP contribution in [0, 0.1) is 0 Å². The van der Waals surface area contributed by atoms with E-state index in [1.54, 1.807) is 0 Å². The van der Waals surface area contributed by atoms with E-state index in [2.05, 4.69) is 35.0 Å². The van der Waals surface area contributed by atoms with Crippen molar-refractivity contribution >= 4 is 32.5 Å². The second-order valence-corrected chi connectivity index (χ2v) is 7.15. The molecule has 2 rings (SSSR count). The van der Waals surface area contributed by atoms with Crippen molar-refractivity contribution in [2.45, 2.75) is 64.7 Å². The van der Waals surface area contributed by atoms with Crippen LogP contribution in [0.25, 0.3) is 10.8 Å². The van der Waals surface area contributed by atoms with Crippen LogP contribution < -0.4 is 0 Å². The molecule has 2 aromatic carbocycles. The van der Waals surface area contributed by atoms with Crippen molar-refractivity contribution in [3.8, 4) is 0 Å². The van der Waals surface area contributed by atoms with E-state index in [9.17, 15) is 4.79 Å². The fraction of sp³-hybridized carbons (Fsp3) is 0.476. The summed E-state index contributed by atoms with van der Waals surface area (Å²) in [5.41, 5.74) is 0.853. The first-order valence-electron chi connectivity index (χ1n) is 8.94. The van der Waals surface area contributed by atoms with Crippen molar-refractivity contribution in [2.75, 3.05) is 0 Å². The first-order chi connectivity index (χ1) is 11.2. The molecule has 0 bridgehead atoms. The van der Waals surface area contributed by atoms with Gasteiger partial charge in [0.1, 0.15) is 0 Å². The molecule has 0 N–H and O–H groups in total. The standard InChI is InChI=1S/C21H27BrO/c1-2-3-4-5-6-7-8-9-14-20(23)21-18-13-11-10-12-17(18)15-16-19(21)22/h10-13,15-16H,2-9,14H2,1H3. The smallest absolute Gasteiger partial charge is 0.164 e. The summed E-state index contributed by atoms with van der Waals surface area (Å²) in [6.45, 7) is 2.25. The number of hydrogen-bond acceptors (Lipinski definition) is 1. The molecule has 0 heterocycles. The van der Waals surface area contributed by atoms with Gasteiger partial charge in [-0.2, -0.15) is 0 Å². The molecule has 0 radical (unpaired) electrons. The summed E-state index contributed by atoms with van der Waals surface area (Å²) in [4.78, 5) is 12.6. The summed E-state index contributed by atoms with van der Waals surface area (Å²) < 4.78 is 0.917. The Bertz CT molecular complexity index is 633. The molecule has 0 saturated carbocycles. The Kier molecular flexibility index (Phi) is 7.81. The highest BCUT2D eigenvalue weighted by Gasteiger charge is 2.13. The molecule has 0 spiro atoms. The molecule has 0 atom stereocenters. The summed E-state index contributed by atoms with van der Waals surface area (Å²) >= 11 is 3.56. The lowest BCUT2D eigenvalue weighted by Gasteiger charge is -2.08. The molecule has 2 aromatic rings. The SMILES string of the molecule is CCCCCCCCCCC(=O)c1c(Br)ccc2ccccc12. The second-order valence-electron chi connectivity index (χ2n) is 6.29. The van der Waals surface area contributed by atoms with Crippen LogP contribution >= 0.6 is 15.9 Å². The number of fused-ring (bicyclic) bond motifs is 1. The van der Waals surface area contributed by atoms with E-state index in [0.717, 1.165) is 27.2 Å². The van der Waals surface area contributed by atoms with Gasteiger partial charge in [-0.25, -0.2) is 0 Å². The quantitative estimate of drug-likeness (QED) is 0.314. The van der Waals surface area contributed by atoms with Crippen LogP contribution in [0.2, 0.25) is 0 Å². The van der Waals surface area contributed by atoms with Crippen LogP contribution in [-0.2, 0) is 0 Å². The monoisotopic (exact) mass is 374 g/mol. The van der Waals surface area contributed by atoms with E-state index in [-0.39, 0.29) is 5.78 Å². The number of benzene rings is 2. The van der Waals surface area contributed by atoms with Crippen LogP contribution in [-0.4, -0.2) is 5.78 Å². The Morgan fingerprint density at radius 3 is 2.26 bits per heavy atom. The minimum absolute atomic E-state index is 0.264. The maximum absolute atomic E-state index is 12.6. The highest BCUT2D eigenvalue weighted by Crippen LogP contribution is 2.28. The van der Waals surface area contributed by atoms with Gasteiger partial charge in [0, 0.05) is 16.5 Å². The third kappa shape index (κ3) is 5.46. The predicted molar refractivity (Wildman–Crippen MR) is 103 cm³/mol. The van der Waals surface area contributed by atoms with Gasteiger partial charge in [-0.1, -0.05) is 98.1 Å². The molecule has 0 unspecified atom stereocenters. The maximum atomic E-state index is 12.6. The van der Waals surface area contributed by atoms with Gasteiger partial charge in [0.15, 0.2) is 5.78 Å². The van der Waals surface area contributed by atoms with Crippen molar-refractivity contribution in [1.29, 1.82) is 0 Å². The number of unbranched alkanes of at least 4 members (excludes halogenated alkanes) is 7. The van der Waals surface area contributed by atoms with Gasteiger partial charge in [-0.3, -0.25) is 4.79 Å². The molecule has 1 nitrogen and oxygen atoms in total. The zero-order valence-electron chi connectivity index (χ0n) is 14.1. The van der Waals surface area contributed by atoms with Crippen molar-refractivity contribution in [3.63, 3.8) is 0 Å². The van der Waals surface area contributed by atoms with Gasteiger partial charge in [0.05, 0.1) is 0 Å². The topological polar surface area (TPSA) is 17.1 Å². The van der Waals surface area contributed by atoms with Crippen LogP contribution in [0.5, 0.6) is 0 Å². The molecule has 2 heteroatoms. The number of hydrogen-bond donors (Lipinski definition) is 0. The minimum atomic E-state index is 0.264. The molecule has 0 saturated heterocycles.